The molecule has 0 spiro atoms. The van der Waals surface area contributed by atoms with Crippen LogP contribution in [0.5, 0.6) is 0 Å². The summed E-state index contributed by atoms with van der Waals surface area (Å²) in [6.45, 7) is 7.55. The molecule has 2 saturated heterocycles. The minimum atomic E-state index is -1.26. The Morgan fingerprint density at radius 2 is 1.70 bits per heavy atom. The monoisotopic (exact) mass is 701 g/mol. The van der Waals surface area contributed by atoms with Gasteiger partial charge in [0.1, 0.15) is 16.5 Å². The molecule has 47 heavy (non-hydrogen) atoms. The largest absolute Gasteiger partial charge is 0.465 e. The van der Waals surface area contributed by atoms with Crippen LogP contribution in [0.3, 0.4) is 0 Å². The lowest BCUT2D eigenvalue weighted by Gasteiger charge is -2.37. The van der Waals surface area contributed by atoms with Gasteiger partial charge in [-0.15, -0.1) is 0 Å². The Kier molecular flexibility index (Phi) is 9.28. The zero-order chi connectivity index (χ0) is 33.8. The van der Waals surface area contributed by atoms with Gasteiger partial charge in [-0.2, -0.15) is 0 Å². The molecule has 4 aliphatic rings. The van der Waals surface area contributed by atoms with Crippen molar-refractivity contribution in [3.8, 4) is 0 Å². The number of likely N-dealkylation sites (tertiary alicyclic amines) is 2. The molecular formula is C34H38Cl2FN5O4S. The molecule has 2 aromatic rings. The summed E-state index contributed by atoms with van der Waals surface area (Å²) in [7, 11) is 0. The second kappa shape index (κ2) is 13.0. The normalized spacial score (nSPS) is 28.7. The van der Waals surface area contributed by atoms with Gasteiger partial charge in [0.25, 0.3) is 5.91 Å². The van der Waals surface area contributed by atoms with E-state index in [0.717, 1.165) is 16.8 Å². The average molecular weight is 703 g/mol. The molecular weight excluding hydrogens is 664 g/mol. The first kappa shape index (κ1) is 33.6. The number of thioether (sulfide) groups is 1. The summed E-state index contributed by atoms with van der Waals surface area (Å²) in [5.41, 5.74) is 2.10. The quantitative estimate of drug-likeness (QED) is 0.334. The first-order valence-corrected chi connectivity index (χ1v) is 17.4. The number of allylic oxidation sites excluding steroid dienone is 1. The molecule has 0 saturated carbocycles. The molecule has 0 aliphatic carbocycles. The number of hydrogen-bond acceptors (Lipinski definition) is 6. The fourth-order valence-electron chi connectivity index (χ4n) is 7.49. The molecule has 0 aromatic heterocycles. The van der Waals surface area contributed by atoms with Crippen LogP contribution in [-0.4, -0.2) is 80.8 Å². The van der Waals surface area contributed by atoms with Crippen molar-refractivity contribution in [2.45, 2.75) is 70.2 Å². The van der Waals surface area contributed by atoms with E-state index in [9.17, 15) is 23.9 Å². The van der Waals surface area contributed by atoms with Crippen LogP contribution in [-0.2, 0) is 15.1 Å². The number of benzene rings is 2. The Morgan fingerprint density at radius 1 is 1.06 bits per heavy atom. The fourth-order valence-corrected chi connectivity index (χ4v) is 9.09. The average Bonchev–Trinajstić information content (AvgIpc) is 3.77. The SMILES string of the molecule is CC(C)C1=C(C(=O)N2[C@H](C)CC[C@@H]2C(=O)N2C[C@H](CF)[C@H](NC(=O)O)C2)SC2=N[C@@](C)(c3ccc(Cl)cc3)[C@@H](c3ccc(Cl)cc3)N21. The number of alkyl halides is 1. The highest BCUT2D eigenvalue weighted by Crippen LogP contribution is 2.56. The van der Waals surface area contributed by atoms with Crippen molar-refractivity contribution in [1.29, 1.82) is 0 Å². The van der Waals surface area contributed by atoms with Gasteiger partial charge in [0.05, 0.1) is 18.8 Å². The predicted octanol–water partition coefficient (Wildman–Crippen LogP) is 6.68. The smallest absolute Gasteiger partial charge is 0.404 e. The number of nitrogens with zero attached hydrogens (tertiary/aromatic N) is 4. The van der Waals surface area contributed by atoms with E-state index in [1.54, 1.807) is 4.90 Å². The number of carboxylic acid groups (broad SMARTS) is 1. The summed E-state index contributed by atoms with van der Waals surface area (Å²) in [6.07, 6.45) is -0.143. The second-order valence-electron chi connectivity index (χ2n) is 13.2. The number of amidine groups is 1. The number of fused-ring (bicyclic) bond motifs is 1. The lowest BCUT2D eigenvalue weighted by Crippen LogP contribution is -2.50. The molecule has 4 aliphatic heterocycles. The second-order valence-corrected chi connectivity index (χ2v) is 15.1. The van der Waals surface area contributed by atoms with Gasteiger partial charge in [0, 0.05) is 40.8 Å². The zero-order valence-corrected chi connectivity index (χ0v) is 28.9. The Labute approximate surface area is 288 Å². The Balaban J connectivity index is 1.35. The zero-order valence-electron chi connectivity index (χ0n) is 26.6. The van der Waals surface area contributed by atoms with Crippen LogP contribution < -0.4 is 5.32 Å². The Morgan fingerprint density at radius 3 is 2.30 bits per heavy atom. The summed E-state index contributed by atoms with van der Waals surface area (Å²) < 4.78 is 13.8. The number of carbonyl (C=O) groups excluding carboxylic acids is 2. The first-order chi connectivity index (χ1) is 22.3. The van der Waals surface area contributed by atoms with E-state index in [0.29, 0.717) is 33.0 Å². The lowest BCUT2D eigenvalue weighted by molar-refractivity contribution is -0.142. The molecule has 4 heterocycles. The van der Waals surface area contributed by atoms with Gasteiger partial charge in [-0.05, 0) is 79.8 Å². The third-order valence-electron chi connectivity index (χ3n) is 9.81. The van der Waals surface area contributed by atoms with E-state index in [1.165, 1.54) is 16.7 Å². The highest BCUT2D eigenvalue weighted by molar-refractivity contribution is 8.18. The summed E-state index contributed by atoms with van der Waals surface area (Å²) in [5, 5.41) is 13.5. The molecule has 9 nitrogen and oxygen atoms in total. The molecule has 6 rings (SSSR count). The van der Waals surface area contributed by atoms with Crippen LogP contribution in [0.1, 0.15) is 57.7 Å². The Hall–Kier alpha value is -3.28. The van der Waals surface area contributed by atoms with Gasteiger partial charge in [0.2, 0.25) is 5.91 Å². The maximum Gasteiger partial charge on any atom is 0.404 e. The van der Waals surface area contributed by atoms with E-state index >= 15 is 0 Å². The molecule has 6 atom stereocenters. The van der Waals surface area contributed by atoms with Gasteiger partial charge in [-0.3, -0.25) is 14.0 Å². The van der Waals surface area contributed by atoms with Gasteiger partial charge in [-0.1, -0.05) is 61.3 Å². The van der Waals surface area contributed by atoms with Crippen LogP contribution >= 0.6 is 35.0 Å². The van der Waals surface area contributed by atoms with Gasteiger partial charge in [0.15, 0.2) is 5.17 Å². The lowest BCUT2D eigenvalue weighted by atomic mass is 9.81. The fraction of sp³-hybridized carbons (Fsp3) is 0.471. The Bertz CT molecular complexity index is 1640. The third-order valence-corrected chi connectivity index (χ3v) is 11.4. The molecule has 13 heteroatoms. The van der Waals surface area contributed by atoms with Gasteiger partial charge >= 0.3 is 6.09 Å². The van der Waals surface area contributed by atoms with E-state index in [1.807, 2.05) is 55.5 Å². The summed E-state index contributed by atoms with van der Waals surface area (Å²) in [5.74, 6) is -1.21. The van der Waals surface area contributed by atoms with E-state index in [-0.39, 0.29) is 42.9 Å². The van der Waals surface area contributed by atoms with E-state index < -0.39 is 36.3 Å². The van der Waals surface area contributed by atoms with E-state index in [4.69, 9.17) is 28.2 Å². The number of amides is 3. The predicted molar refractivity (Wildman–Crippen MR) is 182 cm³/mol. The molecule has 2 N–H and O–H groups in total. The maximum absolute atomic E-state index is 14.6. The molecule has 250 valence electrons. The van der Waals surface area contributed by atoms with Crippen molar-refractivity contribution >= 4 is 58.0 Å². The van der Waals surface area contributed by atoms with Crippen LogP contribution in [0.15, 0.2) is 64.1 Å². The van der Waals surface area contributed by atoms with Crippen molar-refractivity contribution < 1.29 is 23.9 Å². The van der Waals surface area contributed by atoms with Crippen LogP contribution in [0.25, 0.3) is 0 Å². The van der Waals surface area contributed by atoms with Crippen LogP contribution in [0.4, 0.5) is 9.18 Å². The van der Waals surface area contributed by atoms with Crippen molar-refractivity contribution in [3.05, 3.63) is 80.3 Å². The van der Waals surface area contributed by atoms with E-state index in [2.05, 4.69) is 31.0 Å². The summed E-state index contributed by atoms with van der Waals surface area (Å²) in [6, 6.07) is 13.5. The highest BCUT2D eigenvalue weighted by atomic mass is 35.5. The van der Waals surface area contributed by atoms with Crippen LogP contribution in [0.2, 0.25) is 10.0 Å². The molecule has 2 fully saturated rings. The summed E-state index contributed by atoms with van der Waals surface area (Å²) >= 11 is 13.9. The van der Waals surface area contributed by atoms with Crippen molar-refractivity contribution in [1.82, 2.24) is 20.0 Å². The number of nitrogens with one attached hydrogen (secondary N) is 1. The molecule has 0 bridgehead atoms. The third kappa shape index (κ3) is 5.99. The van der Waals surface area contributed by atoms with Crippen molar-refractivity contribution in [2.75, 3.05) is 19.8 Å². The number of carbonyl (C=O) groups is 3. The molecule has 0 unspecified atom stereocenters. The van der Waals surface area contributed by atoms with Gasteiger partial charge < -0.3 is 25.1 Å². The first-order valence-electron chi connectivity index (χ1n) is 15.8. The van der Waals surface area contributed by atoms with Crippen molar-refractivity contribution in [3.63, 3.8) is 0 Å². The molecule has 2 aromatic carbocycles. The number of rotatable bonds is 7. The minimum Gasteiger partial charge on any atom is -0.465 e. The number of hydrogen-bond donors (Lipinski definition) is 2. The number of halogens is 3. The van der Waals surface area contributed by atoms with Crippen LogP contribution in [0, 0.1) is 11.8 Å². The molecule has 3 amide bonds. The topological polar surface area (TPSA) is 106 Å². The standard InChI is InChI=1S/C34H38Cl2FN5O4S/c1-18(2)27-28(31(44)41-19(3)5-14-26(41)30(43)40-16-21(15-37)25(17-40)38-33(45)46)47-32-39-34(4,22-8-12-24(36)13-9-22)29(42(27)32)20-6-10-23(35)11-7-20/h6-13,18-19,21,25-26,29,38H,5,14-17H2,1-4H3,(H,45,46)/t19-,21+,25-,26-,29-,34+/m1/s1. The highest BCUT2D eigenvalue weighted by Gasteiger charge is 2.54. The minimum absolute atomic E-state index is 0.0599. The number of aliphatic imine (C=N–C) groups is 1. The molecule has 0 radical (unpaired) electrons. The maximum atomic E-state index is 14.6. The summed E-state index contributed by atoms with van der Waals surface area (Å²) in [4.78, 5) is 51.0. The van der Waals surface area contributed by atoms with Gasteiger partial charge in [-0.25, -0.2) is 9.79 Å². The van der Waals surface area contributed by atoms with Crippen molar-refractivity contribution in [2.24, 2.45) is 16.8 Å².